The van der Waals surface area contributed by atoms with Crippen molar-refractivity contribution in [1.82, 2.24) is 0 Å². The Morgan fingerprint density at radius 2 is 1.57 bits per heavy atom. The molecule has 74 valence electrons. The van der Waals surface area contributed by atoms with E-state index in [9.17, 15) is 0 Å². The largest absolute Gasteiger partial charge is 0.167 e. The number of hydrogen-bond acceptors (Lipinski definition) is 0. The van der Waals surface area contributed by atoms with Crippen LogP contribution in [0.4, 0.5) is 0 Å². The van der Waals surface area contributed by atoms with Crippen molar-refractivity contribution in [2.24, 2.45) is 0 Å². The van der Waals surface area contributed by atoms with E-state index in [1.165, 1.54) is 5.19 Å². The molecule has 1 aromatic rings. The fourth-order valence-electron chi connectivity index (χ4n) is 1.51. The molecule has 0 aliphatic heterocycles. The van der Waals surface area contributed by atoms with Gasteiger partial charge in [0.15, 0.2) is 6.69 Å². The Morgan fingerprint density at radius 3 is 2.00 bits per heavy atom. The highest BCUT2D eigenvalue weighted by atomic mass is 79.9. The van der Waals surface area contributed by atoms with Crippen LogP contribution in [-0.2, 0) is 0 Å². The third-order valence-electron chi connectivity index (χ3n) is 2.23. The van der Waals surface area contributed by atoms with Crippen LogP contribution in [-0.4, -0.2) is 6.69 Å². The highest BCUT2D eigenvalue weighted by Gasteiger charge is 2.28. The van der Waals surface area contributed by atoms with Crippen molar-refractivity contribution < 1.29 is 0 Å². The lowest BCUT2D eigenvalue weighted by atomic mass is 10.4. The van der Waals surface area contributed by atoms with Gasteiger partial charge in [-0.3, -0.25) is 0 Å². The SMILES string of the molecule is C=CC[Si](Br)(CC=C)c1ccccc1. The molecule has 0 radical (unpaired) electrons. The summed E-state index contributed by atoms with van der Waals surface area (Å²) >= 11 is 3.91. The van der Waals surface area contributed by atoms with Crippen LogP contribution in [0.5, 0.6) is 0 Å². The summed E-state index contributed by atoms with van der Waals surface area (Å²) < 4.78 is 0. The van der Waals surface area contributed by atoms with E-state index >= 15 is 0 Å². The highest BCUT2D eigenvalue weighted by Crippen LogP contribution is 2.23. The summed E-state index contributed by atoms with van der Waals surface area (Å²) in [4.78, 5) is 0. The van der Waals surface area contributed by atoms with Gasteiger partial charge >= 0.3 is 0 Å². The van der Waals surface area contributed by atoms with Crippen LogP contribution in [0.3, 0.4) is 0 Å². The number of rotatable bonds is 5. The van der Waals surface area contributed by atoms with E-state index in [1.54, 1.807) is 0 Å². The van der Waals surface area contributed by atoms with Crippen molar-refractivity contribution in [3.63, 3.8) is 0 Å². The molecule has 0 nitrogen and oxygen atoms in total. The molecule has 0 amide bonds. The van der Waals surface area contributed by atoms with E-state index in [-0.39, 0.29) is 0 Å². The molecule has 0 unspecified atom stereocenters. The van der Waals surface area contributed by atoms with Crippen molar-refractivity contribution >= 4 is 27.2 Å². The van der Waals surface area contributed by atoms with Gasteiger partial charge in [-0.1, -0.05) is 42.5 Å². The van der Waals surface area contributed by atoms with Crippen molar-refractivity contribution in [1.29, 1.82) is 0 Å². The molecular weight excluding hydrogens is 252 g/mol. The third kappa shape index (κ3) is 2.69. The lowest BCUT2D eigenvalue weighted by Crippen LogP contribution is -2.40. The van der Waals surface area contributed by atoms with Gasteiger partial charge in [0.25, 0.3) is 0 Å². The van der Waals surface area contributed by atoms with Crippen molar-refractivity contribution in [2.45, 2.75) is 12.1 Å². The molecule has 0 heterocycles. The van der Waals surface area contributed by atoms with Gasteiger partial charge in [-0.05, 0) is 17.3 Å². The zero-order chi connectivity index (χ0) is 10.4. The predicted octanol–water partition coefficient (Wildman–Crippen LogP) is 3.61. The van der Waals surface area contributed by atoms with Crippen LogP contribution < -0.4 is 5.19 Å². The van der Waals surface area contributed by atoms with Crippen molar-refractivity contribution in [3.05, 3.63) is 55.6 Å². The van der Waals surface area contributed by atoms with Crippen LogP contribution >= 0.6 is 15.3 Å². The second-order valence-electron chi connectivity index (χ2n) is 3.32. The Balaban J connectivity index is 2.98. The minimum Gasteiger partial charge on any atom is -0.119 e. The number of hydrogen-bond donors (Lipinski definition) is 0. The molecule has 1 rings (SSSR count). The first-order valence-electron chi connectivity index (χ1n) is 4.69. The van der Waals surface area contributed by atoms with Gasteiger partial charge in [0, 0.05) is 0 Å². The molecule has 0 atom stereocenters. The van der Waals surface area contributed by atoms with E-state index in [0.717, 1.165) is 12.1 Å². The minimum absolute atomic E-state index is 1.04. The molecule has 2 heteroatoms. The van der Waals surface area contributed by atoms with Gasteiger partial charge in [-0.15, -0.1) is 28.5 Å². The highest BCUT2D eigenvalue weighted by molar-refractivity contribution is 9.26. The monoisotopic (exact) mass is 266 g/mol. The quantitative estimate of drug-likeness (QED) is 0.434. The van der Waals surface area contributed by atoms with E-state index in [1.807, 2.05) is 18.2 Å². The van der Waals surface area contributed by atoms with Crippen LogP contribution in [0, 0.1) is 0 Å². The molecule has 0 fully saturated rings. The molecule has 1 aromatic carbocycles. The second kappa shape index (κ2) is 5.32. The number of halogens is 1. The fourth-order valence-corrected chi connectivity index (χ4v) is 6.02. The maximum Gasteiger partial charge on any atom is 0.167 e. The van der Waals surface area contributed by atoms with Gasteiger partial charge < -0.3 is 0 Å². The molecule has 0 saturated heterocycles. The van der Waals surface area contributed by atoms with Crippen LogP contribution in [0.15, 0.2) is 55.6 Å². The van der Waals surface area contributed by atoms with Crippen molar-refractivity contribution in [2.75, 3.05) is 0 Å². The smallest absolute Gasteiger partial charge is 0.119 e. The minimum atomic E-state index is -1.55. The molecule has 0 N–H and O–H groups in total. The van der Waals surface area contributed by atoms with Gasteiger partial charge in [0.1, 0.15) is 0 Å². The molecule has 0 aromatic heterocycles. The Labute approximate surface area is 94.9 Å². The number of benzene rings is 1. The van der Waals surface area contributed by atoms with Gasteiger partial charge in [-0.2, -0.15) is 0 Å². The summed E-state index contributed by atoms with van der Waals surface area (Å²) in [6.45, 7) is 6.10. The summed E-state index contributed by atoms with van der Waals surface area (Å²) in [6.07, 6.45) is 3.99. The van der Waals surface area contributed by atoms with Crippen molar-refractivity contribution in [3.8, 4) is 0 Å². The Kier molecular flexibility index (Phi) is 4.36. The van der Waals surface area contributed by atoms with Gasteiger partial charge in [-0.25, -0.2) is 0 Å². The van der Waals surface area contributed by atoms with E-state index in [2.05, 4.69) is 52.7 Å². The van der Waals surface area contributed by atoms with Gasteiger partial charge in [0.05, 0.1) is 0 Å². The van der Waals surface area contributed by atoms with Crippen LogP contribution in [0.1, 0.15) is 0 Å². The van der Waals surface area contributed by atoms with E-state index < -0.39 is 6.69 Å². The molecule has 0 aliphatic rings. The second-order valence-corrected chi connectivity index (χ2v) is 11.2. The zero-order valence-electron chi connectivity index (χ0n) is 8.25. The first-order valence-corrected chi connectivity index (χ1v) is 9.36. The molecule has 0 aliphatic carbocycles. The summed E-state index contributed by atoms with van der Waals surface area (Å²) in [5.41, 5.74) is 0. The molecule has 0 saturated carbocycles. The molecular formula is C12H15BrSi. The summed E-state index contributed by atoms with van der Waals surface area (Å²) in [6, 6.07) is 12.7. The number of allylic oxidation sites excluding steroid dienone is 2. The summed E-state index contributed by atoms with van der Waals surface area (Å²) in [5.74, 6) is 0. The van der Waals surface area contributed by atoms with E-state index in [0.29, 0.717) is 0 Å². The maximum atomic E-state index is 3.91. The predicted molar refractivity (Wildman–Crippen MR) is 70.8 cm³/mol. The Hall–Kier alpha value is -0.603. The fraction of sp³-hybridized carbons (Fsp3) is 0.167. The van der Waals surface area contributed by atoms with Crippen LogP contribution in [0.2, 0.25) is 12.1 Å². The zero-order valence-corrected chi connectivity index (χ0v) is 10.8. The Bertz CT molecular complexity index is 295. The first-order chi connectivity index (χ1) is 6.73. The summed E-state index contributed by atoms with van der Waals surface area (Å²) in [5, 5.41) is 1.42. The molecule has 0 bridgehead atoms. The third-order valence-corrected chi connectivity index (χ3v) is 8.78. The molecule has 0 spiro atoms. The normalized spacial score (nSPS) is 10.9. The standard InChI is InChI=1S/C12H15BrSi/c1-3-10-14(13,11-4-2)12-8-6-5-7-9-12/h3-9H,1-2,10-11H2. The average Bonchev–Trinajstić information content (AvgIpc) is 2.20. The Morgan fingerprint density at radius 1 is 1.07 bits per heavy atom. The first kappa shape index (κ1) is 11.5. The van der Waals surface area contributed by atoms with Gasteiger partial charge in [0.2, 0.25) is 0 Å². The summed E-state index contributed by atoms with van der Waals surface area (Å²) in [7, 11) is 0. The lowest BCUT2D eigenvalue weighted by Gasteiger charge is -2.22. The van der Waals surface area contributed by atoms with Crippen LogP contribution in [0.25, 0.3) is 0 Å². The maximum absolute atomic E-state index is 3.91. The topological polar surface area (TPSA) is 0 Å². The van der Waals surface area contributed by atoms with E-state index in [4.69, 9.17) is 0 Å². The lowest BCUT2D eigenvalue weighted by molar-refractivity contribution is 1.53. The molecule has 14 heavy (non-hydrogen) atoms. The average molecular weight is 267 g/mol.